The SMILES string of the molecule is COc1cccc(COCC(=O)N(Cc2ccc3c(c2)OCO3)C2CCCC2)c1. The first-order valence-electron chi connectivity index (χ1n) is 10.1. The van der Waals surface area contributed by atoms with Crippen molar-refractivity contribution >= 4 is 5.91 Å². The fourth-order valence-corrected chi connectivity index (χ4v) is 3.97. The Morgan fingerprint density at radius 3 is 2.72 bits per heavy atom. The maximum absolute atomic E-state index is 13.0. The summed E-state index contributed by atoms with van der Waals surface area (Å²) in [5.41, 5.74) is 2.03. The van der Waals surface area contributed by atoms with Gasteiger partial charge in [-0.3, -0.25) is 4.79 Å². The molecule has 6 heteroatoms. The number of benzene rings is 2. The topological polar surface area (TPSA) is 57.2 Å². The lowest BCUT2D eigenvalue weighted by atomic mass is 10.1. The van der Waals surface area contributed by atoms with Crippen LogP contribution >= 0.6 is 0 Å². The van der Waals surface area contributed by atoms with E-state index in [0.717, 1.165) is 41.2 Å². The van der Waals surface area contributed by atoms with Crippen molar-refractivity contribution in [2.75, 3.05) is 20.5 Å². The molecule has 0 radical (unpaired) electrons. The Hall–Kier alpha value is -2.73. The van der Waals surface area contributed by atoms with E-state index in [0.29, 0.717) is 13.2 Å². The van der Waals surface area contributed by atoms with Crippen LogP contribution in [0, 0.1) is 0 Å². The third-order valence-electron chi connectivity index (χ3n) is 5.50. The highest BCUT2D eigenvalue weighted by atomic mass is 16.7. The van der Waals surface area contributed by atoms with E-state index in [1.807, 2.05) is 47.4 Å². The molecule has 4 rings (SSSR count). The van der Waals surface area contributed by atoms with E-state index in [4.69, 9.17) is 18.9 Å². The molecule has 0 spiro atoms. The number of methoxy groups -OCH3 is 1. The standard InChI is InChI=1S/C23H27NO5/c1-26-20-8-4-5-18(11-20)14-27-15-23(25)24(19-6-2-3-7-19)13-17-9-10-21-22(12-17)29-16-28-21/h4-5,8-12,19H,2-3,6-7,13-16H2,1H3. The number of ether oxygens (including phenoxy) is 4. The van der Waals surface area contributed by atoms with Gasteiger partial charge in [-0.25, -0.2) is 0 Å². The summed E-state index contributed by atoms with van der Waals surface area (Å²) in [6, 6.07) is 13.8. The van der Waals surface area contributed by atoms with E-state index in [1.54, 1.807) is 7.11 Å². The first-order chi connectivity index (χ1) is 14.2. The Labute approximate surface area is 171 Å². The molecule has 6 nitrogen and oxygen atoms in total. The van der Waals surface area contributed by atoms with Crippen LogP contribution < -0.4 is 14.2 Å². The van der Waals surface area contributed by atoms with E-state index < -0.39 is 0 Å². The van der Waals surface area contributed by atoms with Gasteiger partial charge in [0.25, 0.3) is 0 Å². The molecular formula is C23H27NO5. The molecule has 1 saturated carbocycles. The van der Waals surface area contributed by atoms with Gasteiger partial charge in [0.05, 0.1) is 13.7 Å². The summed E-state index contributed by atoms with van der Waals surface area (Å²) in [6.45, 7) is 1.26. The molecular weight excluding hydrogens is 370 g/mol. The number of amides is 1. The molecule has 1 fully saturated rings. The number of rotatable bonds is 8. The van der Waals surface area contributed by atoms with Crippen molar-refractivity contribution in [3.05, 3.63) is 53.6 Å². The Morgan fingerprint density at radius 2 is 1.90 bits per heavy atom. The first kappa shape index (κ1) is 19.6. The van der Waals surface area contributed by atoms with Gasteiger partial charge in [-0.15, -0.1) is 0 Å². The van der Waals surface area contributed by atoms with Crippen LogP contribution in [0.2, 0.25) is 0 Å². The number of carbonyl (C=O) groups excluding carboxylic acids is 1. The highest BCUT2D eigenvalue weighted by Gasteiger charge is 2.27. The molecule has 0 atom stereocenters. The molecule has 1 aliphatic carbocycles. The van der Waals surface area contributed by atoms with Crippen molar-refractivity contribution in [3.8, 4) is 17.2 Å². The van der Waals surface area contributed by atoms with Crippen molar-refractivity contribution < 1.29 is 23.7 Å². The fourth-order valence-electron chi connectivity index (χ4n) is 3.97. The van der Waals surface area contributed by atoms with Crippen molar-refractivity contribution in [1.29, 1.82) is 0 Å². The molecule has 0 unspecified atom stereocenters. The van der Waals surface area contributed by atoms with Crippen LogP contribution in [0.1, 0.15) is 36.8 Å². The predicted octanol–water partition coefficient (Wildman–Crippen LogP) is 3.91. The minimum Gasteiger partial charge on any atom is -0.497 e. The van der Waals surface area contributed by atoms with Gasteiger partial charge in [0.1, 0.15) is 12.4 Å². The number of carbonyl (C=O) groups is 1. The van der Waals surface area contributed by atoms with Crippen LogP contribution in [0.15, 0.2) is 42.5 Å². The van der Waals surface area contributed by atoms with E-state index in [9.17, 15) is 4.79 Å². The normalized spacial score (nSPS) is 15.5. The lowest BCUT2D eigenvalue weighted by Gasteiger charge is -2.29. The summed E-state index contributed by atoms with van der Waals surface area (Å²) < 4.78 is 21.8. The highest BCUT2D eigenvalue weighted by Crippen LogP contribution is 2.33. The molecule has 1 aliphatic heterocycles. The quantitative estimate of drug-likeness (QED) is 0.676. The van der Waals surface area contributed by atoms with Crippen LogP contribution in [-0.4, -0.2) is 37.4 Å². The van der Waals surface area contributed by atoms with E-state index in [-0.39, 0.29) is 25.3 Å². The Bertz CT molecular complexity index is 847. The van der Waals surface area contributed by atoms with Crippen molar-refractivity contribution in [2.45, 2.75) is 44.9 Å². The summed E-state index contributed by atoms with van der Waals surface area (Å²) >= 11 is 0. The van der Waals surface area contributed by atoms with Crippen LogP contribution in [-0.2, 0) is 22.7 Å². The molecule has 1 heterocycles. The average molecular weight is 397 g/mol. The van der Waals surface area contributed by atoms with Crippen molar-refractivity contribution in [2.24, 2.45) is 0 Å². The van der Waals surface area contributed by atoms with Crippen molar-refractivity contribution in [3.63, 3.8) is 0 Å². The summed E-state index contributed by atoms with van der Waals surface area (Å²) in [6.07, 6.45) is 4.43. The summed E-state index contributed by atoms with van der Waals surface area (Å²) in [5, 5.41) is 0. The maximum atomic E-state index is 13.0. The predicted molar refractivity (Wildman–Crippen MR) is 108 cm³/mol. The van der Waals surface area contributed by atoms with Gasteiger partial charge in [-0.05, 0) is 48.2 Å². The monoisotopic (exact) mass is 397 g/mol. The van der Waals surface area contributed by atoms with Crippen molar-refractivity contribution in [1.82, 2.24) is 4.90 Å². The van der Waals surface area contributed by atoms with Gasteiger partial charge in [0, 0.05) is 12.6 Å². The zero-order chi connectivity index (χ0) is 20.1. The maximum Gasteiger partial charge on any atom is 0.249 e. The van der Waals surface area contributed by atoms with Crippen LogP contribution in [0.3, 0.4) is 0 Å². The molecule has 29 heavy (non-hydrogen) atoms. The zero-order valence-corrected chi connectivity index (χ0v) is 16.8. The lowest BCUT2D eigenvalue weighted by Crippen LogP contribution is -2.40. The van der Waals surface area contributed by atoms with E-state index in [2.05, 4.69) is 0 Å². The summed E-state index contributed by atoms with van der Waals surface area (Å²) in [5.74, 6) is 2.31. The average Bonchev–Trinajstić information content (AvgIpc) is 3.43. The van der Waals surface area contributed by atoms with E-state index in [1.165, 1.54) is 12.8 Å². The molecule has 0 saturated heterocycles. The Morgan fingerprint density at radius 1 is 1.07 bits per heavy atom. The first-order valence-corrected chi connectivity index (χ1v) is 10.1. The van der Waals surface area contributed by atoms with Crippen LogP contribution in [0.25, 0.3) is 0 Å². The number of fused-ring (bicyclic) bond motifs is 1. The Kier molecular flexibility index (Phi) is 6.20. The molecule has 0 aromatic heterocycles. The van der Waals surface area contributed by atoms with Crippen LogP contribution in [0.5, 0.6) is 17.2 Å². The lowest BCUT2D eigenvalue weighted by molar-refractivity contribution is -0.139. The highest BCUT2D eigenvalue weighted by molar-refractivity contribution is 5.78. The Balaban J connectivity index is 1.38. The van der Waals surface area contributed by atoms with Gasteiger partial charge in [-0.1, -0.05) is 31.0 Å². The van der Waals surface area contributed by atoms with Crippen LogP contribution in [0.4, 0.5) is 0 Å². The molecule has 2 aromatic carbocycles. The third kappa shape index (κ3) is 4.82. The smallest absolute Gasteiger partial charge is 0.249 e. The van der Waals surface area contributed by atoms with Gasteiger partial charge in [0.15, 0.2) is 11.5 Å². The molecule has 154 valence electrons. The van der Waals surface area contributed by atoms with Gasteiger partial charge >= 0.3 is 0 Å². The third-order valence-corrected chi connectivity index (χ3v) is 5.50. The second kappa shape index (κ2) is 9.18. The molecule has 1 amide bonds. The zero-order valence-electron chi connectivity index (χ0n) is 16.8. The second-order valence-corrected chi connectivity index (χ2v) is 7.49. The fraction of sp³-hybridized carbons (Fsp3) is 0.435. The van der Waals surface area contributed by atoms with Gasteiger partial charge in [0.2, 0.25) is 12.7 Å². The summed E-state index contributed by atoms with van der Waals surface area (Å²) in [4.78, 5) is 15.0. The molecule has 2 aliphatic rings. The van der Waals surface area contributed by atoms with Gasteiger partial charge < -0.3 is 23.8 Å². The molecule has 0 N–H and O–H groups in total. The number of hydrogen-bond donors (Lipinski definition) is 0. The van der Waals surface area contributed by atoms with E-state index >= 15 is 0 Å². The molecule has 2 aromatic rings. The van der Waals surface area contributed by atoms with Gasteiger partial charge in [-0.2, -0.15) is 0 Å². The summed E-state index contributed by atoms with van der Waals surface area (Å²) in [7, 11) is 1.64. The second-order valence-electron chi connectivity index (χ2n) is 7.49. The number of nitrogens with zero attached hydrogens (tertiary/aromatic N) is 1. The molecule has 0 bridgehead atoms. The number of hydrogen-bond acceptors (Lipinski definition) is 5. The minimum atomic E-state index is 0.0254. The largest absolute Gasteiger partial charge is 0.497 e. The minimum absolute atomic E-state index is 0.0254.